The van der Waals surface area contributed by atoms with E-state index in [-0.39, 0.29) is 6.03 Å². The Bertz CT molecular complexity index is 182. The van der Waals surface area contributed by atoms with Gasteiger partial charge in [0.05, 0.1) is 0 Å². The molecule has 0 aromatic carbocycles. The highest BCUT2D eigenvalue weighted by Gasteiger charge is 2.13. The zero-order valence-corrected chi connectivity index (χ0v) is 10.9. The maximum atomic E-state index is 11.3. The van der Waals surface area contributed by atoms with Crippen molar-refractivity contribution in [2.24, 2.45) is 0 Å². The molecule has 0 aromatic heterocycles. The molecule has 0 spiro atoms. The van der Waals surface area contributed by atoms with Crippen LogP contribution in [-0.4, -0.2) is 55.1 Å². The molecule has 0 aliphatic heterocycles. The molecule has 0 radical (unpaired) electrons. The summed E-state index contributed by atoms with van der Waals surface area (Å²) < 4.78 is 0. The van der Waals surface area contributed by atoms with Crippen LogP contribution in [0, 0.1) is 0 Å². The van der Waals surface area contributed by atoms with Gasteiger partial charge in [-0.2, -0.15) is 0 Å². The molecule has 0 atom stereocenters. The summed E-state index contributed by atoms with van der Waals surface area (Å²) in [5, 5.41) is 2.87. The van der Waals surface area contributed by atoms with Gasteiger partial charge in [0, 0.05) is 39.3 Å². The van der Waals surface area contributed by atoms with Crippen LogP contribution in [0.25, 0.3) is 0 Å². The monoisotopic (exact) mass is 215 g/mol. The van der Waals surface area contributed by atoms with Crippen molar-refractivity contribution in [2.75, 3.05) is 27.2 Å². The lowest BCUT2D eigenvalue weighted by atomic mass is 10.2. The van der Waals surface area contributed by atoms with E-state index in [2.05, 4.69) is 37.9 Å². The Labute approximate surface area is 93.6 Å². The highest BCUT2D eigenvalue weighted by atomic mass is 16.2. The number of amides is 2. The molecular weight excluding hydrogens is 190 g/mol. The van der Waals surface area contributed by atoms with Gasteiger partial charge in [-0.1, -0.05) is 0 Å². The molecule has 0 aromatic rings. The number of nitrogens with one attached hydrogen (secondary N) is 1. The number of hydrogen-bond acceptors (Lipinski definition) is 2. The maximum absolute atomic E-state index is 11.3. The van der Waals surface area contributed by atoms with Gasteiger partial charge < -0.3 is 10.2 Å². The fourth-order valence-electron chi connectivity index (χ4n) is 1.56. The third-order valence-corrected chi connectivity index (χ3v) is 2.38. The summed E-state index contributed by atoms with van der Waals surface area (Å²) in [5.74, 6) is 0. The second-order valence-electron chi connectivity index (χ2n) is 4.55. The molecule has 0 heterocycles. The zero-order chi connectivity index (χ0) is 12.0. The number of rotatable bonds is 5. The predicted octanol–water partition coefficient (Wildman–Crippen LogP) is 1.38. The van der Waals surface area contributed by atoms with Crippen LogP contribution in [0.3, 0.4) is 0 Å². The molecule has 0 fully saturated rings. The fraction of sp³-hybridized carbons (Fsp3) is 0.909. The molecule has 0 bridgehead atoms. The van der Waals surface area contributed by atoms with E-state index in [0.29, 0.717) is 18.6 Å². The first-order valence-corrected chi connectivity index (χ1v) is 5.57. The first-order chi connectivity index (χ1) is 6.86. The smallest absolute Gasteiger partial charge is 0.316 e. The first kappa shape index (κ1) is 14.2. The highest BCUT2D eigenvalue weighted by molar-refractivity contribution is 5.73. The summed E-state index contributed by atoms with van der Waals surface area (Å²) in [6.07, 6.45) is 0. The number of urea groups is 1. The van der Waals surface area contributed by atoms with Crippen molar-refractivity contribution in [1.82, 2.24) is 15.1 Å². The number of carbonyl (C=O) groups is 1. The molecular formula is C11H25N3O. The lowest BCUT2D eigenvalue weighted by molar-refractivity contribution is 0.172. The molecule has 1 N–H and O–H groups in total. The van der Waals surface area contributed by atoms with Gasteiger partial charge in [-0.15, -0.1) is 0 Å². The zero-order valence-electron chi connectivity index (χ0n) is 10.9. The molecule has 4 nitrogen and oxygen atoms in total. The average molecular weight is 215 g/mol. The van der Waals surface area contributed by atoms with Gasteiger partial charge in [0.2, 0.25) is 0 Å². The van der Waals surface area contributed by atoms with E-state index in [1.807, 2.05) is 0 Å². The SMILES string of the molecule is CC(C)N(CCNC(=O)N(C)C)C(C)C. The minimum atomic E-state index is -0.0255. The number of carbonyl (C=O) groups excluding carboxylic acids is 1. The molecule has 0 saturated heterocycles. The maximum Gasteiger partial charge on any atom is 0.316 e. The molecule has 15 heavy (non-hydrogen) atoms. The van der Waals surface area contributed by atoms with Gasteiger partial charge in [0.25, 0.3) is 0 Å². The molecule has 0 rings (SSSR count). The van der Waals surface area contributed by atoms with Gasteiger partial charge in [-0.3, -0.25) is 4.90 Å². The van der Waals surface area contributed by atoms with E-state index in [4.69, 9.17) is 0 Å². The standard InChI is InChI=1S/C11H25N3O/c1-9(2)14(10(3)4)8-7-12-11(15)13(5)6/h9-10H,7-8H2,1-6H3,(H,12,15). The van der Waals surface area contributed by atoms with Crippen LogP contribution < -0.4 is 5.32 Å². The minimum absolute atomic E-state index is 0.0255. The van der Waals surface area contributed by atoms with Crippen molar-refractivity contribution in [2.45, 2.75) is 39.8 Å². The molecule has 90 valence electrons. The van der Waals surface area contributed by atoms with Crippen LogP contribution in [0.1, 0.15) is 27.7 Å². The van der Waals surface area contributed by atoms with Crippen molar-refractivity contribution >= 4 is 6.03 Å². The summed E-state index contributed by atoms with van der Waals surface area (Å²) >= 11 is 0. The Morgan fingerprint density at radius 1 is 1.13 bits per heavy atom. The van der Waals surface area contributed by atoms with Crippen LogP contribution in [0.4, 0.5) is 4.79 Å². The molecule has 0 saturated carbocycles. The van der Waals surface area contributed by atoms with Crippen molar-refractivity contribution in [3.05, 3.63) is 0 Å². The molecule has 4 heteroatoms. The predicted molar refractivity (Wildman–Crippen MR) is 64.1 cm³/mol. The lowest BCUT2D eigenvalue weighted by Crippen LogP contribution is -2.44. The Balaban J connectivity index is 3.87. The molecule has 2 amide bonds. The van der Waals surface area contributed by atoms with Crippen molar-refractivity contribution in [3.63, 3.8) is 0 Å². The average Bonchev–Trinajstić information content (AvgIpc) is 2.10. The third kappa shape index (κ3) is 5.62. The van der Waals surface area contributed by atoms with Gasteiger partial charge >= 0.3 is 6.03 Å². The minimum Gasteiger partial charge on any atom is -0.337 e. The summed E-state index contributed by atoms with van der Waals surface area (Å²) in [7, 11) is 3.50. The Kier molecular flexibility index (Phi) is 6.32. The van der Waals surface area contributed by atoms with E-state index >= 15 is 0 Å². The normalized spacial score (nSPS) is 11.3. The van der Waals surface area contributed by atoms with Crippen LogP contribution in [-0.2, 0) is 0 Å². The second-order valence-corrected chi connectivity index (χ2v) is 4.55. The number of hydrogen-bond donors (Lipinski definition) is 1. The van der Waals surface area contributed by atoms with Gasteiger partial charge in [0.1, 0.15) is 0 Å². The topological polar surface area (TPSA) is 35.6 Å². The van der Waals surface area contributed by atoms with Crippen molar-refractivity contribution in [1.29, 1.82) is 0 Å². The van der Waals surface area contributed by atoms with Crippen LogP contribution in [0.2, 0.25) is 0 Å². The Morgan fingerprint density at radius 2 is 1.60 bits per heavy atom. The summed E-state index contributed by atoms with van der Waals surface area (Å²) in [5.41, 5.74) is 0. The van der Waals surface area contributed by atoms with Gasteiger partial charge in [-0.05, 0) is 27.7 Å². The molecule has 0 aliphatic carbocycles. The van der Waals surface area contributed by atoms with Crippen LogP contribution >= 0.6 is 0 Å². The summed E-state index contributed by atoms with van der Waals surface area (Å²) in [6, 6.07) is 1.00. The molecule has 0 aliphatic rings. The van der Waals surface area contributed by atoms with E-state index < -0.39 is 0 Å². The number of nitrogens with zero attached hydrogens (tertiary/aromatic N) is 2. The van der Waals surface area contributed by atoms with E-state index in [1.54, 1.807) is 19.0 Å². The Hall–Kier alpha value is -0.770. The first-order valence-electron chi connectivity index (χ1n) is 5.57. The largest absolute Gasteiger partial charge is 0.337 e. The van der Waals surface area contributed by atoms with Crippen molar-refractivity contribution < 1.29 is 4.79 Å². The molecule has 0 unspecified atom stereocenters. The Morgan fingerprint density at radius 3 is 1.93 bits per heavy atom. The quantitative estimate of drug-likeness (QED) is 0.752. The van der Waals surface area contributed by atoms with Crippen molar-refractivity contribution in [3.8, 4) is 0 Å². The van der Waals surface area contributed by atoms with Crippen LogP contribution in [0.5, 0.6) is 0 Å². The van der Waals surface area contributed by atoms with E-state index in [9.17, 15) is 4.79 Å². The highest BCUT2D eigenvalue weighted by Crippen LogP contribution is 2.03. The van der Waals surface area contributed by atoms with Gasteiger partial charge in [0.15, 0.2) is 0 Å². The van der Waals surface area contributed by atoms with E-state index in [1.165, 1.54) is 0 Å². The second kappa shape index (κ2) is 6.67. The summed E-state index contributed by atoms with van der Waals surface area (Å²) in [4.78, 5) is 15.2. The van der Waals surface area contributed by atoms with E-state index in [0.717, 1.165) is 6.54 Å². The fourth-order valence-corrected chi connectivity index (χ4v) is 1.56. The van der Waals surface area contributed by atoms with Crippen LogP contribution in [0.15, 0.2) is 0 Å². The third-order valence-electron chi connectivity index (χ3n) is 2.38. The van der Waals surface area contributed by atoms with Gasteiger partial charge in [-0.25, -0.2) is 4.79 Å². The summed E-state index contributed by atoms with van der Waals surface area (Å²) in [6.45, 7) is 10.3. The lowest BCUT2D eigenvalue weighted by Gasteiger charge is -2.30.